The molecule has 2 heterocycles. The number of anilines is 1. The molecule has 2 aromatic rings. The van der Waals surface area contributed by atoms with Crippen LogP contribution >= 0.6 is 11.3 Å². The van der Waals surface area contributed by atoms with E-state index in [1.54, 1.807) is 30.3 Å². The number of fused-ring (bicyclic) bond motifs is 1. The lowest BCUT2D eigenvalue weighted by Gasteiger charge is -2.42. The van der Waals surface area contributed by atoms with Crippen molar-refractivity contribution < 1.29 is 22.7 Å². The first-order chi connectivity index (χ1) is 14.9. The molecule has 1 aliphatic heterocycles. The number of rotatable bonds is 7. The van der Waals surface area contributed by atoms with Crippen LogP contribution in [0.4, 0.5) is 5.00 Å². The van der Waals surface area contributed by atoms with E-state index in [0.717, 1.165) is 10.4 Å². The van der Waals surface area contributed by atoms with Gasteiger partial charge in [0.05, 0.1) is 23.3 Å². The zero-order chi connectivity index (χ0) is 23.7. The third-order valence-corrected chi connectivity index (χ3v) is 8.69. The van der Waals surface area contributed by atoms with E-state index in [0.29, 0.717) is 17.0 Å². The molecule has 2 N–H and O–H groups in total. The van der Waals surface area contributed by atoms with Gasteiger partial charge in [0.15, 0.2) is 9.84 Å². The molecule has 174 valence electrons. The topological polar surface area (TPSA) is 102 Å². The zero-order valence-corrected chi connectivity index (χ0v) is 20.7. The maximum Gasteiger partial charge on any atom is 0.341 e. The minimum atomic E-state index is -3.44. The molecule has 1 amide bonds. The molecule has 7 nitrogen and oxygen atoms in total. The fraction of sp³-hybridized carbons (Fsp3) is 0.478. The van der Waals surface area contributed by atoms with Gasteiger partial charge in [-0.3, -0.25) is 4.79 Å². The van der Waals surface area contributed by atoms with Crippen LogP contribution in [0.15, 0.2) is 35.2 Å². The highest BCUT2D eigenvalue weighted by molar-refractivity contribution is 7.91. The van der Waals surface area contributed by atoms with E-state index in [1.165, 1.54) is 18.4 Å². The van der Waals surface area contributed by atoms with Crippen LogP contribution in [0.1, 0.15) is 61.3 Å². The van der Waals surface area contributed by atoms with Gasteiger partial charge in [0, 0.05) is 22.4 Å². The number of sulfone groups is 1. The Labute approximate surface area is 193 Å². The Kier molecular flexibility index (Phi) is 6.83. The third-order valence-electron chi connectivity index (χ3n) is 5.41. The Morgan fingerprint density at radius 1 is 1.16 bits per heavy atom. The summed E-state index contributed by atoms with van der Waals surface area (Å²) in [6.07, 6.45) is 0.835. The maximum absolute atomic E-state index is 12.6. The number of hydrogen-bond acceptors (Lipinski definition) is 7. The lowest BCUT2D eigenvalue weighted by Crippen LogP contribution is -2.55. The Bertz CT molecular complexity index is 1120. The highest BCUT2D eigenvalue weighted by atomic mass is 32.2. The monoisotopic (exact) mass is 478 g/mol. The molecule has 0 aliphatic carbocycles. The normalized spacial score (nSPS) is 16.8. The minimum absolute atomic E-state index is 0.0301. The molecule has 0 spiro atoms. The van der Waals surface area contributed by atoms with Crippen LogP contribution in [-0.2, 0) is 31.3 Å². The lowest BCUT2D eigenvalue weighted by atomic mass is 9.81. The molecular weight excluding hydrogens is 448 g/mol. The van der Waals surface area contributed by atoms with E-state index >= 15 is 0 Å². The number of carbonyl (C=O) groups is 2. The predicted octanol–water partition coefficient (Wildman–Crippen LogP) is 3.89. The van der Waals surface area contributed by atoms with E-state index in [1.807, 2.05) is 13.8 Å². The molecule has 32 heavy (non-hydrogen) atoms. The molecule has 3 rings (SSSR count). The number of hydrogen-bond donors (Lipinski definition) is 2. The first kappa shape index (κ1) is 24.4. The summed E-state index contributed by atoms with van der Waals surface area (Å²) in [5, 5.41) is 6.86. The number of esters is 1. The van der Waals surface area contributed by atoms with Crippen molar-refractivity contribution >= 4 is 38.1 Å². The van der Waals surface area contributed by atoms with Gasteiger partial charge in [-0.15, -0.1) is 11.3 Å². The van der Waals surface area contributed by atoms with E-state index in [9.17, 15) is 18.0 Å². The Hall–Kier alpha value is -2.23. The number of nitrogens with one attached hydrogen (secondary N) is 2. The summed E-state index contributed by atoms with van der Waals surface area (Å²) in [6, 6.07) is 8.19. The molecule has 1 aromatic carbocycles. The molecule has 0 radical (unpaired) electrons. The molecule has 9 heteroatoms. The standard InChI is InChI=1S/C23H30N2O5S2/c1-22(2)14-16-18(21(27)30-5)20(31-19(16)23(3,4)25-22)24-17(26)12-9-13-32(28,29)15-10-7-6-8-11-15/h6-8,10-11,25H,9,12-14H2,1-5H3,(H,24,26). The van der Waals surface area contributed by atoms with Crippen molar-refractivity contribution in [2.45, 2.75) is 62.9 Å². The molecule has 0 fully saturated rings. The van der Waals surface area contributed by atoms with E-state index < -0.39 is 15.8 Å². The van der Waals surface area contributed by atoms with Gasteiger partial charge in [-0.25, -0.2) is 13.2 Å². The quantitative estimate of drug-likeness (QED) is 0.586. The molecule has 0 unspecified atom stereocenters. The Morgan fingerprint density at radius 3 is 2.44 bits per heavy atom. The largest absolute Gasteiger partial charge is 0.465 e. The van der Waals surface area contributed by atoms with Crippen LogP contribution in [0.2, 0.25) is 0 Å². The summed E-state index contributed by atoms with van der Waals surface area (Å²) in [4.78, 5) is 26.5. The SMILES string of the molecule is COC(=O)c1c(NC(=O)CCCS(=O)(=O)c2ccccc2)sc2c1CC(C)(C)NC2(C)C. The number of thiophene rings is 1. The Balaban J connectivity index is 1.77. The molecular formula is C23H30N2O5S2. The Morgan fingerprint density at radius 2 is 1.81 bits per heavy atom. The van der Waals surface area contributed by atoms with Crippen molar-refractivity contribution in [3.05, 3.63) is 46.3 Å². The fourth-order valence-corrected chi connectivity index (χ4v) is 6.90. The zero-order valence-electron chi connectivity index (χ0n) is 19.1. The van der Waals surface area contributed by atoms with Gasteiger partial charge >= 0.3 is 5.97 Å². The van der Waals surface area contributed by atoms with Crippen LogP contribution in [0.5, 0.6) is 0 Å². The first-order valence-electron chi connectivity index (χ1n) is 10.5. The van der Waals surface area contributed by atoms with Crippen molar-refractivity contribution in [3.8, 4) is 0 Å². The van der Waals surface area contributed by atoms with Gasteiger partial charge in [0.2, 0.25) is 5.91 Å². The van der Waals surface area contributed by atoms with Crippen molar-refractivity contribution in [2.24, 2.45) is 0 Å². The number of benzene rings is 1. The average Bonchev–Trinajstić information content (AvgIpc) is 3.04. The maximum atomic E-state index is 12.6. The third kappa shape index (κ3) is 5.22. The summed E-state index contributed by atoms with van der Waals surface area (Å²) >= 11 is 1.36. The van der Waals surface area contributed by atoms with Crippen LogP contribution < -0.4 is 10.6 Å². The second-order valence-corrected chi connectivity index (χ2v) is 12.3. The van der Waals surface area contributed by atoms with Gasteiger partial charge in [-0.05, 0) is 58.2 Å². The van der Waals surface area contributed by atoms with Crippen LogP contribution in [0, 0.1) is 0 Å². The summed E-state index contributed by atoms with van der Waals surface area (Å²) in [7, 11) is -2.12. The molecule has 0 atom stereocenters. The molecule has 0 bridgehead atoms. The number of ether oxygens (including phenoxy) is 1. The second-order valence-electron chi connectivity index (χ2n) is 9.20. The van der Waals surface area contributed by atoms with Gasteiger partial charge in [0.25, 0.3) is 0 Å². The van der Waals surface area contributed by atoms with Crippen LogP contribution in [0.3, 0.4) is 0 Å². The number of amides is 1. The smallest absolute Gasteiger partial charge is 0.341 e. The van der Waals surface area contributed by atoms with Gasteiger partial charge < -0.3 is 15.4 Å². The molecule has 0 saturated heterocycles. The average molecular weight is 479 g/mol. The summed E-state index contributed by atoms with van der Waals surface area (Å²) in [6.45, 7) is 8.23. The van der Waals surface area contributed by atoms with Gasteiger partial charge in [-0.1, -0.05) is 18.2 Å². The fourth-order valence-electron chi connectivity index (χ4n) is 4.29. The van der Waals surface area contributed by atoms with Crippen molar-refractivity contribution in [2.75, 3.05) is 18.2 Å². The highest BCUT2D eigenvalue weighted by Crippen LogP contribution is 2.45. The van der Waals surface area contributed by atoms with Crippen LogP contribution in [-0.4, -0.2) is 38.7 Å². The number of methoxy groups -OCH3 is 1. The molecule has 1 aromatic heterocycles. The summed E-state index contributed by atoms with van der Waals surface area (Å²) in [5.41, 5.74) is 0.669. The van der Waals surface area contributed by atoms with E-state index in [4.69, 9.17) is 4.74 Å². The van der Waals surface area contributed by atoms with Crippen molar-refractivity contribution in [1.82, 2.24) is 5.32 Å². The van der Waals surface area contributed by atoms with E-state index in [-0.39, 0.29) is 40.5 Å². The second kappa shape index (κ2) is 8.96. The van der Waals surface area contributed by atoms with Gasteiger partial charge in [-0.2, -0.15) is 0 Å². The van der Waals surface area contributed by atoms with Crippen molar-refractivity contribution in [1.29, 1.82) is 0 Å². The predicted molar refractivity (Wildman–Crippen MR) is 126 cm³/mol. The first-order valence-corrected chi connectivity index (χ1v) is 12.9. The summed E-state index contributed by atoms with van der Waals surface area (Å²) < 4.78 is 29.9. The van der Waals surface area contributed by atoms with E-state index in [2.05, 4.69) is 24.5 Å². The van der Waals surface area contributed by atoms with Crippen LogP contribution in [0.25, 0.3) is 0 Å². The minimum Gasteiger partial charge on any atom is -0.465 e. The highest BCUT2D eigenvalue weighted by Gasteiger charge is 2.42. The molecule has 1 aliphatic rings. The van der Waals surface area contributed by atoms with Gasteiger partial charge in [0.1, 0.15) is 5.00 Å². The lowest BCUT2D eigenvalue weighted by molar-refractivity contribution is -0.116. The number of carbonyl (C=O) groups excluding carboxylic acids is 2. The van der Waals surface area contributed by atoms with Crippen molar-refractivity contribution in [3.63, 3.8) is 0 Å². The molecule has 0 saturated carbocycles. The summed E-state index contributed by atoms with van der Waals surface area (Å²) in [5.74, 6) is -0.944.